The summed E-state index contributed by atoms with van der Waals surface area (Å²) in [5.41, 5.74) is 0.581. The van der Waals surface area contributed by atoms with E-state index < -0.39 is 22.5 Å². The summed E-state index contributed by atoms with van der Waals surface area (Å²) in [7, 11) is -1.65. The lowest BCUT2D eigenvalue weighted by Crippen LogP contribution is -2.43. The lowest BCUT2D eigenvalue weighted by Gasteiger charge is -2.18. The molecule has 154 valence electrons. The van der Waals surface area contributed by atoms with Gasteiger partial charge in [0.1, 0.15) is 26.5 Å². The van der Waals surface area contributed by atoms with Gasteiger partial charge in [0.2, 0.25) is 0 Å². The van der Waals surface area contributed by atoms with Crippen molar-refractivity contribution in [3.63, 3.8) is 0 Å². The third kappa shape index (κ3) is 3.17. The molecule has 1 aromatic heterocycles. The minimum absolute atomic E-state index is 0.168. The highest BCUT2D eigenvalue weighted by Crippen LogP contribution is 2.62. The number of hydrogen-bond donors (Lipinski definition) is 2. The van der Waals surface area contributed by atoms with Gasteiger partial charge in [0.05, 0.1) is 6.61 Å². The molecule has 0 bridgehead atoms. The summed E-state index contributed by atoms with van der Waals surface area (Å²) in [4.78, 5) is 13.3. The van der Waals surface area contributed by atoms with Gasteiger partial charge in [0.25, 0.3) is 0 Å². The van der Waals surface area contributed by atoms with Crippen LogP contribution in [-0.4, -0.2) is 27.4 Å². The molecule has 8 heteroatoms. The van der Waals surface area contributed by atoms with Crippen LogP contribution >= 0.6 is 22.9 Å². The molecule has 30 heavy (non-hydrogen) atoms. The van der Waals surface area contributed by atoms with E-state index in [0.717, 1.165) is 16.0 Å². The van der Waals surface area contributed by atoms with Gasteiger partial charge in [-0.1, -0.05) is 41.9 Å². The molecule has 2 heterocycles. The Bertz CT molecular complexity index is 1150. The number of carboxylic acid groups (broad SMARTS) is 1. The summed E-state index contributed by atoms with van der Waals surface area (Å²) in [6.45, 7) is 0.446. The second kappa shape index (κ2) is 7.50. The maximum Gasteiger partial charge on any atom is 0.325 e. The van der Waals surface area contributed by atoms with Crippen LogP contribution in [0.1, 0.15) is 17.9 Å². The molecule has 4 atom stereocenters. The Kier molecular flexibility index (Phi) is 4.94. The second-order valence-corrected chi connectivity index (χ2v) is 10.4. The molecule has 5 nitrogen and oxygen atoms in total. The van der Waals surface area contributed by atoms with Crippen LogP contribution in [0.5, 0.6) is 5.75 Å². The van der Waals surface area contributed by atoms with Gasteiger partial charge in [-0.3, -0.25) is 4.79 Å². The Labute approximate surface area is 185 Å². The zero-order valence-electron chi connectivity index (χ0n) is 15.7. The van der Waals surface area contributed by atoms with Crippen molar-refractivity contribution < 1.29 is 18.8 Å². The molecule has 4 unspecified atom stereocenters. The number of ether oxygens (including phenoxy) is 1. The smallest absolute Gasteiger partial charge is 0.325 e. The van der Waals surface area contributed by atoms with E-state index in [0.29, 0.717) is 28.0 Å². The van der Waals surface area contributed by atoms with Crippen LogP contribution in [0.2, 0.25) is 5.02 Å². The van der Waals surface area contributed by atoms with Gasteiger partial charge < -0.3 is 9.84 Å². The number of benzene rings is 2. The fraction of sp³-hybridized carbons (Fsp3) is 0.227. The topological polar surface area (TPSA) is 75.6 Å². The van der Waals surface area contributed by atoms with Gasteiger partial charge in [-0.15, -0.1) is 11.3 Å². The number of nitrogens with one attached hydrogen (secondary N) is 1. The van der Waals surface area contributed by atoms with Crippen LogP contribution < -0.4 is 9.46 Å². The number of para-hydroxylation sites is 1. The molecule has 2 N–H and O–H groups in total. The Morgan fingerprint density at radius 3 is 2.70 bits per heavy atom. The van der Waals surface area contributed by atoms with Gasteiger partial charge in [0.15, 0.2) is 0 Å². The van der Waals surface area contributed by atoms with Crippen molar-refractivity contribution in [2.75, 3.05) is 6.61 Å². The Morgan fingerprint density at radius 2 is 1.93 bits per heavy atom. The lowest BCUT2D eigenvalue weighted by molar-refractivity contribution is -0.140. The molecule has 1 fully saturated rings. The quantitative estimate of drug-likeness (QED) is 0.579. The van der Waals surface area contributed by atoms with Crippen molar-refractivity contribution in [2.24, 2.45) is 5.92 Å². The average Bonchev–Trinajstić information content (AvgIpc) is 3.16. The number of rotatable bonds is 5. The van der Waals surface area contributed by atoms with Crippen LogP contribution in [0, 0.1) is 5.92 Å². The molecule has 3 aromatic rings. The van der Waals surface area contributed by atoms with Crippen LogP contribution in [0.25, 0.3) is 10.4 Å². The zero-order valence-corrected chi connectivity index (χ0v) is 18.1. The summed E-state index contributed by atoms with van der Waals surface area (Å²) in [6, 6.07) is 18.6. The van der Waals surface area contributed by atoms with E-state index in [2.05, 4.69) is 4.72 Å². The van der Waals surface area contributed by atoms with Crippen molar-refractivity contribution in [3.05, 3.63) is 71.2 Å². The number of aliphatic carboxylic acids is 1. The molecule has 5 rings (SSSR count). The maximum absolute atomic E-state index is 13.1. The van der Waals surface area contributed by atoms with Crippen molar-refractivity contribution in [1.82, 2.24) is 4.72 Å². The maximum atomic E-state index is 13.1. The molecule has 0 spiro atoms. The summed E-state index contributed by atoms with van der Waals surface area (Å²) in [6.07, 6.45) is 0.594. The van der Waals surface area contributed by atoms with E-state index in [9.17, 15) is 14.1 Å². The van der Waals surface area contributed by atoms with E-state index in [1.165, 1.54) is 11.3 Å². The Morgan fingerprint density at radius 1 is 1.17 bits per heavy atom. The molecule has 0 amide bonds. The van der Waals surface area contributed by atoms with E-state index >= 15 is 0 Å². The van der Waals surface area contributed by atoms with Crippen molar-refractivity contribution in [2.45, 2.75) is 22.1 Å². The molecule has 0 saturated heterocycles. The SMILES string of the molecule is O=C(O)C1(NS(=O)c2ccc(-c3ccc(Cl)cc3)s2)C2CCOc3ccccc3C21. The molecule has 2 aliphatic rings. The van der Waals surface area contributed by atoms with Gasteiger partial charge in [-0.25, -0.2) is 8.93 Å². The third-order valence-corrected chi connectivity index (χ3v) is 8.73. The summed E-state index contributed by atoms with van der Waals surface area (Å²) in [5.74, 6) is -0.703. The number of halogens is 1. The third-order valence-electron chi connectivity index (χ3n) is 5.82. The number of fused-ring (bicyclic) bond motifs is 3. The largest absolute Gasteiger partial charge is 0.493 e. The van der Waals surface area contributed by atoms with Crippen LogP contribution in [-0.2, 0) is 15.8 Å². The number of thiophene rings is 1. The molecule has 1 aliphatic heterocycles. The van der Waals surface area contributed by atoms with E-state index in [-0.39, 0.29) is 11.8 Å². The minimum atomic E-state index is -1.65. The minimum Gasteiger partial charge on any atom is -0.493 e. The lowest BCUT2D eigenvalue weighted by atomic mass is 10.1. The first kappa shape index (κ1) is 19.8. The highest BCUT2D eigenvalue weighted by atomic mass is 35.5. The fourth-order valence-electron chi connectivity index (χ4n) is 4.35. The zero-order chi connectivity index (χ0) is 20.9. The van der Waals surface area contributed by atoms with Gasteiger partial charge in [-0.05, 0) is 42.3 Å². The number of hydrogen-bond acceptors (Lipinski definition) is 4. The van der Waals surface area contributed by atoms with E-state index in [1.807, 2.05) is 54.6 Å². The molecule has 1 aliphatic carbocycles. The Hall–Kier alpha value is -2.19. The van der Waals surface area contributed by atoms with Crippen molar-refractivity contribution in [1.29, 1.82) is 0 Å². The first-order chi connectivity index (χ1) is 14.5. The normalized spacial score (nSPS) is 25.4. The fourth-order valence-corrected chi connectivity index (χ4v) is 6.88. The molecule has 0 radical (unpaired) electrons. The highest BCUT2D eigenvalue weighted by Gasteiger charge is 2.72. The predicted octanol–water partition coefficient (Wildman–Crippen LogP) is 4.70. The molecule has 1 saturated carbocycles. The van der Waals surface area contributed by atoms with Crippen LogP contribution in [0.15, 0.2) is 64.9 Å². The Balaban J connectivity index is 1.43. The average molecular weight is 460 g/mol. The molecule has 2 aromatic carbocycles. The van der Waals surface area contributed by atoms with Crippen molar-refractivity contribution in [3.8, 4) is 16.2 Å². The monoisotopic (exact) mass is 459 g/mol. The highest BCUT2D eigenvalue weighted by molar-refractivity contribution is 7.85. The predicted molar refractivity (Wildman–Crippen MR) is 117 cm³/mol. The van der Waals surface area contributed by atoms with Gasteiger partial charge >= 0.3 is 5.97 Å². The number of carbonyl (C=O) groups is 1. The summed E-state index contributed by atoms with van der Waals surface area (Å²) >= 11 is 7.33. The van der Waals surface area contributed by atoms with Gasteiger partial charge in [0, 0.05) is 27.3 Å². The number of carboxylic acids is 1. The standard InChI is InChI=1S/C22H18ClNO4S2/c23-14-7-5-13(6-8-14)18-9-10-19(29-18)30(27)24-22(21(25)26)16-11-12-28-17-4-2-1-3-15(17)20(16)22/h1-10,16,20,24H,11-12H2,(H,25,26). The van der Waals surface area contributed by atoms with E-state index in [1.54, 1.807) is 6.07 Å². The van der Waals surface area contributed by atoms with Gasteiger partial charge in [-0.2, -0.15) is 0 Å². The summed E-state index contributed by atoms with van der Waals surface area (Å²) < 4.78 is 22.5. The van der Waals surface area contributed by atoms with Crippen LogP contribution in [0.4, 0.5) is 0 Å². The molecular formula is C22H18ClNO4S2. The first-order valence-corrected chi connectivity index (χ1v) is 11.9. The second-order valence-electron chi connectivity index (χ2n) is 7.43. The van der Waals surface area contributed by atoms with E-state index in [4.69, 9.17) is 16.3 Å². The summed E-state index contributed by atoms with van der Waals surface area (Å²) in [5, 5.41) is 10.8. The van der Waals surface area contributed by atoms with Crippen molar-refractivity contribution >= 4 is 39.9 Å². The van der Waals surface area contributed by atoms with Crippen LogP contribution in [0.3, 0.4) is 0 Å². The molecular weight excluding hydrogens is 442 g/mol. The first-order valence-electron chi connectivity index (χ1n) is 9.51.